The van der Waals surface area contributed by atoms with E-state index in [2.05, 4.69) is 32.8 Å². The molecule has 0 bridgehead atoms. The summed E-state index contributed by atoms with van der Waals surface area (Å²) in [6.07, 6.45) is 2.47. The van der Waals surface area contributed by atoms with Crippen LogP contribution in [0, 0.1) is 13.8 Å². The summed E-state index contributed by atoms with van der Waals surface area (Å²) in [5.74, 6) is 0.745. The van der Waals surface area contributed by atoms with Crippen molar-refractivity contribution in [2.75, 3.05) is 19.6 Å². The van der Waals surface area contributed by atoms with Crippen LogP contribution in [-0.2, 0) is 6.54 Å². The predicted molar refractivity (Wildman–Crippen MR) is 96.2 cm³/mol. The van der Waals surface area contributed by atoms with E-state index in [9.17, 15) is 4.79 Å². The average molecular weight is 342 g/mol. The molecule has 1 aromatic carbocycles. The fraction of sp³-hybridized carbons (Fsp3) is 0.474. The smallest absolute Gasteiger partial charge is 0.315 e. The standard InChI is InChI=1S/C19H26N4O2/c1-14-17(15(2)25-22-14)12-20-19(24)21-18(13-23-10-6-7-11-23)16-8-4-3-5-9-16/h3-5,8-9,18H,6-7,10-13H2,1-2H3,(H2,20,21,24)/t18-/m0/s1. The van der Waals surface area contributed by atoms with Crippen molar-refractivity contribution in [2.45, 2.75) is 39.3 Å². The lowest BCUT2D eigenvalue weighted by atomic mass is 10.1. The number of nitrogens with one attached hydrogen (secondary N) is 2. The third-order valence-corrected chi connectivity index (χ3v) is 4.75. The lowest BCUT2D eigenvalue weighted by molar-refractivity contribution is 0.229. The first kappa shape index (κ1) is 17.5. The van der Waals surface area contributed by atoms with Gasteiger partial charge in [0, 0.05) is 18.7 Å². The van der Waals surface area contributed by atoms with Crippen LogP contribution < -0.4 is 10.6 Å². The molecule has 1 aromatic heterocycles. The number of aromatic nitrogens is 1. The minimum Gasteiger partial charge on any atom is -0.361 e. The molecule has 1 saturated heterocycles. The Balaban J connectivity index is 1.61. The Morgan fingerprint density at radius 2 is 1.96 bits per heavy atom. The number of carbonyl (C=O) groups is 1. The van der Waals surface area contributed by atoms with Gasteiger partial charge in [-0.3, -0.25) is 0 Å². The average Bonchev–Trinajstić information content (AvgIpc) is 3.24. The number of hydrogen-bond donors (Lipinski definition) is 2. The van der Waals surface area contributed by atoms with Gasteiger partial charge in [-0.25, -0.2) is 4.79 Å². The Morgan fingerprint density at radius 1 is 1.24 bits per heavy atom. The molecule has 0 spiro atoms. The second-order valence-electron chi connectivity index (χ2n) is 6.60. The van der Waals surface area contributed by atoms with Gasteiger partial charge < -0.3 is 20.1 Å². The van der Waals surface area contributed by atoms with Crippen molar-refractivity contribution in [3.63, 3.8) is 0 Å². The summed E-state index contributed by atoms with van der Waals surface area (Å²) in [5, 5.41) is 9.96. The van der Waals surface area contributed by atoms with Gasteiger partial charge in [0.15, 0.2) is 0 Å². The van der Waals surface area contributed by atoms with Crippen LogP contribution in [0.5, 0.6) is 0 Å². The van der Waals surface area contributed by atoms with Crippen molar-refractivity contribution in [2.24, 2.45) is 0 Å². The number of urea groups is 1. The van der Waals surface area contributed by atoms with Crippen molar-refractivity contribution >= 4 is 6.03 Å². The van der Waals surface area contributed by atoms with Crippen molar-refractivity contribution in [3.8, 4) is 0 Å². The number of carbonyl (C=O) groups excluding carboxylic acids is 1. The maximum Gasteiger partial charge on any atom is 0.315 e. The number of amides is 2. The SMILES string of the molecule is Cc1noc(C)c1CNC(=O)N[C@@H](CN1CCCC1)c1ccccc1. The predicted octanol–water partition coefficient (Wildman–Crippen LogP) is 2.93. The maximum atomic E-state index is 12.4. The van der Waals surface area contributed by atoms with Gasteiger partial charge in [0.2, 0.25) is 0 Å². The molecule has 134 valence electrons. The Kier molecular flexibility index (Phi) is 5.71. The van der Waals surface area contributed by atoms with Crippen LogP contribution in [-0.4, -0.2) is 35.7 Å². The molecule has 6 nitrogen and oxygen atoms in total. The molecule has 0 saturated carbocycles. The van der Waals surface area contributed by atoms with E-state index in [0.717, 1.165) is 42.2 Å². The van der Waals surface area contributed by atoms with E-state index in [4.69, 9.17) is 4.52 Å². The molecule has 0 aliphatic carbocycles. The van der Waals surface area contributed by atoms with Crippen molar-refractivity contribution in [3.05, 3.63) is 52.9 Å². The van der Waals surface area contributed by atoms with E-state index in [1.165, 1.54) is 12.8 Å². The molecule has 0 radical (unpaired) electrons. The summed E-state index contributed by atoms with van der Waals surface area (Å²) in [6, 6.07) is 9.95. The van der Waals surface area contributed by atoms with E-state index >= 15 is 0 Å². The Hall–Kier alpha value is -2.34. The first-order chi connectivity index (χ1) is 12.1. The summed E-state index contributed by atoms with van der Waals surface area (Å²) >= 11 is 0. The Labute approximate surface area is 148 Å². The topological polar surface area (TPSA) is 70.4 Å². The zero-order valence-electron chi connectivity index (χ0n) is 14.9. The van der Waals surface area contributed by atoms with Gasteiger partial charge in [-0.15, -0.1) is 0 Å². The van der Waals surface area contributed by atoms with Crippen LogP contribution in [0.3, 0.4) is 0 Å². The van der Waals surface area contributed by atoms with Gasteiger partial charge in [-0.05, 0) is 45.3 Å². The molecule has 25 heavy (non-hydrogen) atoms. The highest BCUT2D eigenvalue weighted by atomic mass is 16.5. The molecule has 1 fully saturated rings. The summed E-state index contributed by atoms with van der Waals surface area (Å²) in [5.41, 5.74) is 2.88. The molecule has 2 heterocycles. The van der Waals surface area contributed by atoms with E-state index in [1.54, 1.807) is 0 Å². The van der Waals surface area contributed by atoms with Gasteiger partial charge in [0.1, 0.15) is 5.76 Å². The monoisotopic (exact) mass is 342 g/mol. The fourth-order valence-corrected chi connectivity index (χ4v) is 3.28. The van der Waals surface area contributed by atoms with Gasteiger partial charge >= 0.3 is 6.03 Å². The molecule has 6 heteroatoms. The summed E-state index contributed by atoms with van der Waals surface area (Å²) < 4.78 is 5.14. The highest BCUT2D eigenvalue weighted by molar-refractivity contribution is 5.74. The number of aryl methyl sites for hydroxylation is 2. The van der Waals surface area contributed by atoms with E-state index in [-0.39, 0.29) is 12.1 Å². The minimum absolute atomic E-state index is 0.0241. The summed E-state index contributed by atoms with van der Waals surface area (Å²) in [6.45, 7) is 7.19. The molecule has 1 atom stereocenters. The van der Waals surface area contributed by atoms with Crippen molar-refractivity contribution in [1.29, 1.82) is 0 Å². The third kappa shape index (κ3) is 4.60. The number of hydrogen-bond acceptors (Lipinski definition) is 4. The maximum absolute atomic E-state index is 12.4. The quantitative estimate of drug-likeness (QED) is 0.847. The van der Waals surface area contributed by atoms with Crippen LogP contribution in [0.25, 0.3) is 0 Å². The second-order valence-corrected chi connectivity index (χ2v) is 6.60. The first-order valence-electron chi connectivity index (χ1n) is 8.87. The molecule has 2 aromatic rings. The van der Waals surface area contributed by atoms with Crippen LogP contribution in [0.1, 0.15) is 41.5 Å². The number of nitrogens with zero attached hydrogens (tertiary/aromatic N) is 2. The molecule has 3 rings (SSSR count). The number of likely N-dealkylation sites (tertiary alicyclic amines) is 1. The van der Waals surface area contributed by atoms with Crippen LogP contribution in [0.2, 0.25) is 0 Å². The molecule has 0 unspecified atom stereocenters. The number of rotatable bonds is 6. The fourth-order valence-electron chi connectivity index (χ4n) is 3.28. The largest absolute Gasteiger partial charge is 0.361 e. The second kappa shape index (κ2) is 8.16. The molecule has 2 N–H and O–H groups in total. The van der Waals surface area contributed by atoms with Crippen LogP contribution in [0.4, 0.5) is 4.79 Å². The highest BCUT2D eigenvalue weighted by Gasteiger charge is 2.21. The molecule has 1 aliphatic heterocycles. The van der Waals surface area contributed by atoms with Gasteiger partial charge in [-0.1, -0.05) is 35.5 Å². The first-order valence-corrected chi connectivity index (χ1v) is 8.87. The summed E-state index contributed by atoms with van der Waals surface area (Å²) in [4.78, 5) is 14.8. The lowest BCUT2D eigenvalue weighted by Gasteiger charge is -2.25. The lowest BCUT2D eigenvalue weighted by Crippen LogP contribution is -2.42. The zero-order chi connectivity index (χ0) is 17.6. The van der Waals surface area contributed by atoms with E-state index in [0.29, 0.717) is 6.54 Å². The molecular weight excluding hydrogens is 316 g/mol. The van der Waals surface area contributed by atoms with Crippen LogP contribution >= 0.6 is 0 Å². The van der Waals surface area contributed by atoms with Crippen molar-refractivity contribution in [1.82, 2.24) is 20.7 Å². The van der Waals surface area contributed by atoms with E-state index < -0.39 is 0 Å². The van der Waals surface area contributed by atoms with Crippen molar-refractivity contribution < 1.29 is 9.32 Å². The Bertz CT molecular complexity index is 673. The highest BCUT2D eigenvalue weighted by Crippen LogP contribution is 2.18. The minimum atomic E-state index is -0.173. The molecule has 1 aliphatic rings. The molecular formula is C19H26N4O2. The Morgan fingerprint density at radius 3 is 2.60 bits per heavy atom. The normalized spacial score (nSPS) is 15.9. The van der Waals surface area contributed by atoms with Gasteiger partial charge in [0.05, 0.1) is 11.7 Å². The number of benzene rings is 1. The van der Waals surface area contributed by atoms with Gasteiger partial charge in [-0.2, -0.15) is 0 Å². The van der Waals surface area contributed by atoms with E-state index in [1.807, 2.05) is 32.0 Å². The van der Waals surface area contributed by atoms with Crippen LogP contribution in [0.15, 0.2) is 34.9 Å². The third-order valence-electron chi connectivity index (χ3n) is 4.75. The summed E-state index contributed by atoms with van der Waals surface area (Å²) in [7, 11) is 0. The zero-order valence-corrected chi connectivity index (χ0v) is 14.9. The van der Waals surface area contributed by atoms with Gasteiger partial charge in [0.25, 0.3) is 0 Å². The molecule has 2 amide bonds.